The van der Waals surface area contributed by atoms with Gasteiger partial charge in [-0.05, 0) is 43.1 Å². The molecular formula is C18H24N4OS. The molecule has 0 bridgehead atoms. The average Bonchev–Trinajstić information content (AvgIpc) is 2.91. The Kier molecular flexibility index (Phi) is 3.75. The molecule has 24 heavy (non-hydrogen) atoms. The highest BCUT2D eigenvalue weighted by atomic mass is 32.1. The number of thiophene rings is 1. The number of anilines is 1. The van der Waals surface area contributed by atoms with Gasteiger partial charge in [-0.2, -0.15) is 0 Å². The summed E-state index contributed by atoms with van der Waals surface area (Å²) >= 11 is 1.83. The summed E-state index contributed by atoms with van der Waals surface area (Å²) in [5.41, 5.74) is 7.26. The molecule has 2 N–H and O–H groups in total. The second kappa shape index (κ2) is 5.69. The Morgan fingerprint density at radius 1 is 1.33 bits per heavy atom. The van der Waals surface area contributed by atoms with E-state index < -0.39 is 0 Å². The van der Waals surface area contributed by atoms with Crippen LogP contribution in [0.15, 0.2) is 6.33 Å². The quantitative estimate of drug-likeness (QED) is 0.909. The monoisotopic (exact) mass is 344 g/mol. The maximum Gasteiger partial charge on any atom is 0.220 e. The van der Waals surface area contributed by atoms with Crippen LogP contribution in [-0.4, -0.2) is 29.0 Å². The molecule has 6 heteroatoms. The van der Waals surface area contributed by atoms with E-state index in [-0.39, 0.29) is 11.8 Å². The van der Waals surface area contributed by atoms with Crippen LogP contribution in [0.4, 0.5) is 5.82 Å². The Morgan fingerprint density at radius 2 is 2.08 bits per heavy atom. The largest absolute Gasteiger partial charge is 0.369 e. The molecule has 0 spiro atoms. The van der Waals surface area contributed by atoms with Crippen LogP contribution in [0, 0.1) is 11.3 Å². The first-order chi connectivity index (χ1) is 11.4. The van der Waals surface area contributed by atoms with Crippen LogP contribution in [0.25, 0.3) is 10.2 Å². The summed E-state index contributed by atoms with van der Waals surface area (Å²) in [5.74, 6) is 0.893. The number of primary amides is 1. The van der Waals surface area contributed by atoms with Gasteiger partial charge in [-0.15, -0.1) is 11.3 Å². The van der Waals surface area contributed by atoms with Crippen molar-refractivity contribution in [3.63, 3.8) is 0 Å². The van der Waals surface area contributed by atoms with Gasteiger partial charge in [0.05, 0.1) is 5.39 Å². The van der Waals surface area contributed by atoms with Crippen LogP contribution < -0.4 is 10.6 Å². The van der Waals surface area contributed by atoms with Crippen LogP contribution in [-0.2, 0) is 17.6 Å². The predicted molar refractivity (Wildman–Crippen MR) is 97.4 cm³/mol. The molecule has 0 radical (unpaired) electrons. The zero-order chi connectivity index (χ0) is 16.9. The highest BCUT2D eigenvalue weighted by molar-refractivity contribution is 7.19. The molecule has 1 aliphatic carbocycles. The van der Waals surface area contributed by atoms with E-state index in [0.29, 0.717) is 5.41 Å². The number of rotatable bonds is 2. The van der Waals surface area contributed by atoms with E-state index in [1.54, 1.807) is 6.33 Å². The average molecular weight is 344 g/mol. The van der Waals surface area contributed by atoms with Crippen molar-refractivity contribution in [2.45, 2.75) is 46.0 Å². The van der Waals surface area contributed by atoms with Gasteiger partial charge in [-0.1, -0.05) is 13.8 Å². The number of aryl methyl sites for hydroxylation is 1. The van der Waals surface area contributed by atoms with Crippen molar-refractivity contribution in [2.75, 3.05) is 18.0 Å². The van der Waals surface area contributed by atoms with Gasteiger partial charge in [0.25, 0.3) is 0 Å². The normalized spacial score (nSPS) is 21.0. The van der Waals surface area contributed by atoms with E-state index in [9.17, 15) is 4.79 Å². The highest BCUT2D eigenvalue weighted by Crippen LogP contribution is 2.44. The second-order valence-corrected chi connectivity index (χ2v) is 8.97. The molecule has 0 saturated carbocycles. The number of piperidine rings is 1. The van der Waals surface area contributed by atoms with E-state index in [1.165, 1.54) is 22.2 Å². The smallest absolute Gasteiger partial charge is 0.220 e. The summed E-state index contributed by atoms with van der Waals surface area (Å²) in [6.45, 7) is 6.38. The number of nitrogens with zero attached hydrogens (tertiary/aromatic N) is 3. The Balaban J connectivity index is 1.72. The van der Waals surface area contributed by atoms with Crippen molar-refractivity contribution < 1.29 is 4.79 Å². The Morgan fingerprint density at radius 3 is 2.79 bits per heavy atom. The molecule has 2 aromatic heterocycles. The highest BCUT2D eigenvalue weighted by Gasteiger charge is 2.31. The topological polar surface area (TPSA) is 72.1 Å². The van der Waals surface area contributed by atoms with Crippen LogP contribution in [0.3, 0.4) is 0 Å². The van der Waals surface area contributed by atoms with Gasteiger partial charge in [0, 0.05) is 23.9 Å². The van der Waals surface area contributed by atoms with Gasteiger partial charge in [0.1, 0.15) is 17.0 Å². The summed E-state index contributed by atoms with van der Waals surface area (Å²) in [4.78, 5) is 25.5. The Bertz CT molecular complexity index is 790. The summed E-state index contributed by atoms with van der Waals surface area (Å²) in [6.07, 6.45) is 6.80. The molecule has 1 amide bonds. The third-order valence-corrected chi connectivity index (χ3v) is 6.73. The van der Waals surface area contributed by atoms with E-state index in [4.69, 9.17) is 5.73 Å². The Hall–Kier alpha value is -1.69. The van der Waals surface area contributed by atoms with Crippen LogP contribution >= 0.6 is 11.3 Å². The molecule has 4 rings (SSSR count). The lowest BCUT2D eigenvalue weighted by atomic mass is 9.76. The van der Waals surface area contributed by atoms with Gasteiger partial charge in [-0.25, -0.2) is 9.97 Å². The number of hydrogen-bond acceptors (Lipinski definition) is 5. The number of hydrogen-bond donors (Lipinski definition) is 1. The van der Waals surface area contributed by atoms with Gasteiger partial charge < -0.3 is 10.6 Å². The summed E-state index contributed by atoms with van der Waals surface area (Å²) < 4.78 is 0. The van der Waals surface area contributed by atoms with E-state index >= 15 is 0 Å². The van der Waals surface area contributed by atoms with Gasteiger partial charge >= 0.3 is 0 Å². The molecule has 1 aliphatic heterocycles. The van der Waals surface area contributed by atoms with Crippen molar-refractivity contribution in [1.29, 1.82) is 0 Å². The summed E-state index contributed by atoms with van der Waals surface area (Å²) in [7, 11) is 0. The third kappa shape index (κ3) is 2.66. The molecule has 0 atom stereocenters. The first-order valence-electron chi connectivity index (χ1n) is 8.74. The SMILES string of the molecule is CC1(C)CCc2sc3ncnc(N4CCC(C(N)=O)CC4)c3c2C1. The second-order valence-electron chi connectivity index (χ2n) is 7.89. The van der Waals surface area contributed by atoms with Gasteiger partial charge in [0.2, 0.25) is 5.91 Å². The fourth-order valence-corrected chi connectivity index (χ4v) is 5.19. The predicted octanol–water partition coefficient (Wildman–Crippen LogP) is 2.91. The Labute approximate surface area is 146 Å². The van der Waals surface area contributed by atoms with Gasteiger partial charge in [0.15, 0.2) is 0 Å². The minimum absolute atomic E-state index is 0.00824. The zero-order valence-corrected chi connectivity index (χ0v) is 15.2. The number of carbonyl (C=O) groups is 1. The molecular weight excluding hydrogens is 320 g/mol. The number of fused-ring (bicyclic) bond motifs is 3. The maximum absolute atomic E-state index is 11.4. The lowest BCUT2D eigenvalue weighted by molar-refractivity contribution is -0.122. The molecule has 5 nitrogen and oxygen atoms in total. The van der Waals surface area contributed by atoms with Crippen molar-refractivity contribution in [1.82, 2.24) is 9.97 Å². The van der Waals surface area contributed by atoms with E-state index in [0.717, 1.165) is 49.4 Å². The van der Waals surface area contributed by atoms with Crippen molar-refractivity contribution in [3.8, 4) is 0 Å². The maximum atomic E-state index is 11.4. The van der Waals surface area contributed by atoms with Crippen molar-refractivity contribution in [2.24, 2.45) is 17.1 Å². The number of carbonyl (C=O) groups excluding carboxylic acids is 1. The zero-order valence-electron chi connectivity index (χ0n) is 14.3. The third-order valence-electron chi connectivity index (χ3n) is 5.53. The summed E-state index contributed by atoms with van der Waals surface area (Å²) in [5, 5.41) is 1.25. The molecule has 1 saturated heterocycles. The molecule has 0 unspecified atom stereocenters. The van der Waals surface area contributed by atoms with E-state index in [2.05, 4.69) is 28.7 Å². The standard InChI is InChI=1S/C18H24N4OS/c1-18(2)6-3-13-12(9-18)14-16(20-10-21-17(14)24-13)22-7-4-11(5-8-22)15(19)23/h10-11H,3-9H2,1-2H3,(H2,19,23). The van der Waals surface area contributed by atoms with Gasteiger partial charge in [-0.3, -0.25) is 4.79 Å². The molecule has 1 fully saturated rings. The van der Waals surface area contributed by atoms with E-state index in [1.807, 2.05) is 11.3 Å². The molecule has 2 aromatic rings. The molecule has 0 aromatic carbocycles. The fourth-order valence-electron chi connectivity index (χ4n) is 4.04. The number of nitrogens with two attached hydrogens (primary N) is 1. The molecule has 2 aliphatic rings. The number of aromatic nitrogens is 2. The molecule has 3 heterocycles. The number of amides is 1. The first kappa shape index (κ1) is 15.8. The van der Waals surface area contributed by atoms with Crippen molar-refractivity contribution >= 4 is 33.3 Å². The van der Waals surface area contributed by atoms with Crippen LogP contribution in [0.2, 0.25) is 0 Å². The van der Waals surface area contributed by atoms with Crippen molar-refractivity contribution in [3.05, 3.63) is 16.8 Å². The van der Waals surface area contributed by atoms with Crippen LogP contribution in [0.5, 0.6) is 0 Å². The lowest BCUT2D eigenvalue weighted by Crippen LogP contribution is -2.39. The lowest BCUT2D eigenvalue weighted by Gasteiger charge is -2.33. The summed E-state index contributed by atoms with van der Waals surface area (Å²) in [6, 6.07) is 0. The van der Waals surface area contributed by atoms with Crippen LogP contribution in [0.1, 0.15) is 43.6 Å². The first-order valence-corrected chi connectivity index (χ1v) is 9.56. The fraction of sp³-hybridized carbons (Fsp3) is 0.611. The minimum atomic E-state index is -0.169. The minimum Gasteiger partial charge on any atom is -0.369 e. The molecule has 128 valence electrons.